The fourth-order valence-electron chi connectivity index (χ4n) is 4.98. The van der Waals surface area contributed by atoms with E-state index in [0.29, 0.717) is 46.9 Å². The van der Waals surface area contributed by atoms with Gasteiger partial charge < -0.3 is 15.2 Å². The van der Waals surface area contributed by atoms with Crippen LogP contribution in [0.5, 0.6) is 11.5 Å². The molecule has 0 spiro atoms. The number of nitro groups is 1. The Morgan fingerprint density at radius 3 is 2.68 bits per heavy atom. The molecule has 0 saturated heterocycles. The number of nitrogens with zero attached hydrogens (tertiary/aromatic N) is 3. The molecule has 0 fully saturated rings. The molecular weight excluding hydrogens is 436 g/mol. The predicted octanol–water partition coefficient (Wildman–Crippen LogP) is 4.26. The minimum atomic E-state index is -0.673. The lowest BCUT2D eigenvalue weighted by Crippen LogP contribution is -2.42. The number of Topliss-reactive ketones (excluding diaryl/α,β-unsaturated/α-hetero) is 1. The number of ketones is 1. The summed E-state index contributed by atoms with van der Waals surface area (Å²) in [5.74, 6) is 0.534. The van der Waals surface area contributed by atoms with Crippen LogP contribution in [0.3, 0.4) is 0 Å². The third-order valence-electron chi connectivity index (χ3n) is 6.41. The normalized spacial score (nSPS) is 20.8. The van der Waals surface area contributed by atoms with Crippen molar-refractivity contribution in [1.82, 2.24) is 0 Å². The molecule has 2 aromatic rings. The molecule has 172 valence electrons. The Morgan fingerprint density at radius 1 is 1.18 bits per heavy atom. The zero-order valence-electron chi connectivity index (χ0n) is 18.7. The van der Waals surface area contributed by atoms with Crippen LogP contribution < -0.4 is 20.1 Å². The molecule has 0 saturated carbocycles. The Bertz CT molecular complexity index is 1350. The molecule has 34 heavy (non-hydrogen) atoms. The number of nitriles is 1. The maximum Gasteiger partial charge on any atom is 0.271 e. The third kappa shape index (κ3) is 3.35. The topological polar surface area (TPSA) is 132 Å². The van der Waals surface area contributed by atoms with Gasteiger partial charge in [-0.3, -0.25) is 19.8 Å². The smallest absolute Gasteiger partial charge is 0.271 e. The van der Waals surface area contributed by atoms with Crippen LogP contribution in [0.25, 0.3) is 0 Å². The number of non-ortho nitro benzene ring substituents is 1. The lowest BCUT2D eigenvalue weighted by atomic mass is 9.68. The van der Waals surface area contributed by atoms with Crippen LogP contribution in [0.1, 0.15) is 38.2 Å². The summed E-state index contributed by atoms with van der Waals surface area (Å²) in [5, 5.41) is 21.6. The van der Waals surface area contributed by atoms with E-state index in [4.69, 9.17) is 15.2 Å². The summed E-state index contributed by atoms with van der Waals surface area (Å²) in [4.78, 5) is 26.1. The highest BCUT2D eigenvalue weighted by Crippen LogP contribution is 2.51. The number of fused-ring (bicyclic) bond motifs is 1. The average molecular weight is 458 g/mol. The van der Waals surface area contributed by atoms with Gasteiger partial charge in [-0.1, -0.05) is 26.0 Å². The molecular formula is C25H22N4O5. The van der Waals surface area contributed by atoms with Crippen molar-refractivity contribution in [3.8, 4) is 17.6 Å². The predicted molar refractivity (Wildman–Crippen MR) is 123 cm³/mol. The van der Waals surface area contributed by atoms with Crippen LogP contribution >= 0.6 is 0 Å². The van der Waals surface area contributed by atoms with E-state index in [9.17, 15) is 20.2 Å². The van der Waals surface area contributed by atoms with E-state index in [1.165, 1.54) is 12.1 Å². The Hall–Kier alpha value is -4.32. The number of carbonyl (C=O) groups is 1. The molecule has 0 radical (unpaired) electrons. The van der Waals surface area contributed by atoms with Crippen molar-refractivity contribution in [3.63, 3.8) is 0 Å². The minimum Gasteiger partial charge on any atom is -0.454 e. The molecule has 0 aromatic heterocycles. The lowest BCUT2D eigenvalue weighted by Gasteiger charge is -2.43. The first-order valence-electron chi connectivity index (χ1n) is 10.8. The summed E-state index contributed by atoms with van der Waals surface area (Å²) in [6.45, 7) is 4.10. The van der Waals surface area contributed by atoms with Crippen LogP contribution in [0, 0.1) is 26.9 Å². The molecule has 0 bridgehead atoms. The van der Waals surface area contributed by atoms with E-state index < -0.39 is 10.8 Å². The van der Waals surface area contributed by atoms with Gasteiger partial charge in [0.25, 0.3) is 5.69 Å². The van der Waals surface area contributed by atoms with E-state index >= 15 is 0 Å². The maximum absolute atomic E-state index is 13.6. The molecule has 2 N–H and O–H groups in total. The second kappa shape index (κ2) is 7.63. The summed E-state index contributed by atoms with van der Waals surface area (Å²) in [7, 11) is 0. The van der Waals surface area contributed by atoms with Crippen LogP contribution in [0.4, 0.5) is 11.4 Å². The molecule has 2 aliphatic heterocycles. The number of nitrogens with two attached hydrogens (primary N) is 1. The van der Waals surface area contributed by atoms with Crippen LogP contribution in [0.15, 0.2) is 65.1 Å². The summed E-state index contributed by atoms with van der Waals surface area (Å²) in [6.07, 6.45) is 0.825. The van der Waals surface area contributed by atoms with Crippen molar-refractivity contribution in [2.24, 2.45) is 11.1 Å². The number of rotatable bonds is 3. The molecule has 3 aliphatic rings. The molecule has 2 heterocycles. The van der Waals surface area contributed by atoms with Crippen LogP contribution in [-0.2, 0) is 4.79 Å². The highest BCUT2D eigenvalue weighted by molar-refractivity contribution is 6.01. The van der Waals surface area contributed by atoms with Gasteiger partial charge in [-0.05, 0) is 35.6 Å². The molecule has 1 aliphatic carbocycles. The van der Waals surface area contributed by atoms with Gasteiger partial charge in [0.2, 0.25) is 6.79 Å². The number of anilines is 1. The van der Waals surface area contributed by atoms with Gasteiger partial charge in [-0.15, -0.1) is 0 Å². The van der Waals surface area contributed by atoms with Crippen LogP contribution in [-0.4, -0.2) is 17.5 Å². The number of allylic oxidation sites excluding steroid dienone is 3. The van der Waals surface area contributed by atoms with E-state index in [1.54, 1.807) is 29.2 Å². The zero-order valence-corrected chi connectivity index (χ0v) is 18.7. The van der Waals surface area contributed by atoms with Gasteiger partial charge >= 0.3 is 0 Å². The maximum atomic E-state index is 13.6. The molecule has 1 atom stereocenters. The first-order valence-corrected chi connectivity index (χ1v) is 10.8. The largest absolute Gasteiger partial charge is 0.454 e. The SMILES string of the molecule is CC1(C)CC(=O)C2=C(C1)N(c1cccc([N+](=O)[O-])c1)C(N)=C(C#N)[C@@H]2c1ccc2c(c1)OCO2. The van der Waals surface area contributed by atoms with Gasteiger partial charge in [0.05, 0.1) is 28.2 Å². The first-order chi connectivity index (χ1) is 16.2. The second-order valence-corrected chi connectivity index (χ2v) is 9.37. The Balaban J connectivity index is 1.75. The number of ether oxygens (including phenoxy) is 2. The number of nitro benzene ring substituents is 1. The zero-order chi connectivity index (χ0) is 24.2. The number of benzene rings is 2. The average Bonchev–Trinajstić information content (AvgIpc) is 3.25. The van der Waals surface area contributed by atoms with E-state index in [-0.39, 0.29) is 35.1 Å². The molecule has 5 rings (SSSR count). The summed E-state index contributed by atoms with van der Waals surface area (Å²) in [6, 6.07) is 13.6. The Labute approximate surface area is 195 Å². The van der Waals surface area contributed by atoms with Crippen molar-refractivity contribution >= 4 is 17.2 Å². The molecule has 2 aromatic carbocycles. The lowest BCUT2D eigenvalue weighted by molar-refractivity contribution is -0.384. The van der Waals surface area contributed by atoms with E-state index in [2.05, 4.69) is 6.07 Å². The van der Waals surface area contributed by atoms with Crippen LogP contribution in [0.2, 0.25) is 0 Å². The number of hydrogen-bond acceptors (Lipinski definition) is 8. The Morgan fingerprint density at radius 2 is 1.94 bits per heavy atom. The fourth-order valence-corrected chi connectivity index (χ4v) is 4.98. The Kier molecular flexibility index (Phi) is 4.83. The van der Waals surface area contributed by atoms with Crippen molar-refractivity contribution < 1.29 is 19.2 Å². The molecule has 0 unspecified atom stereocenters. The number of hydrogen-bond donors (Lipinski definition) is 1. The third-order valence-corrected chi connectivity index (χ3v) is 6.41. The van der Waals surface area contributed by atoms with Gasteiger partial charge in [0.15, 0.2) is 17.3 Å². The second-order valence-electron chi connectivity index (χ2n) is 9.37. The van der Waals surface area contributed by atoms with Crippen molar-refractivity contribution in [3.05, 3.63) is 80.8 Å². The van der Waals surface area contributed by atoms with E-state index in [1.807, 2.05) is 19.9 Å². The van der Waals surface area contributed by atoms with Crippen molar-refractivity contribution in [2.45, 2.75) is 32.6 Å². The highest BCUT2D eigenvalue weighted by atomic mass is 16.7. The van der Waals surface area contributed by atoms with Gasteiger partial charge in [0, 0.05) is 29.8 Å². The first kappa shape index (κ1) is 21.5. The molecule has 9 heteroatoms. The fraction of sp³-hybridized carbons (Fsp3) is 0.280. The van der Waals surface area contributed by atoms with Gasteiger partial charge in [0.1, 0.15) is 5.82 Å². The standard InChI is InChI=1S/C25H22N4O5/c1-25(2)10-18-23(19(30)11-25)22(14-6-7-20-21(8-14)34-13-33-20)17(12-26)24(27)28(18)15-4-3-5-16(9-15)29(31)32/h3-9,22H,10-11,13,27H2,1-2H3/t22-/m0/s1. The highest BCUT2D eigenvalue weighted by Gasteiger charge is 2.45. The summed E-state index contributed by atoms with van der Waals surface area (Å²) >= 11 is 0. The quantitative estimate of drug-likeness (QED) is 0.533. The summed E-state index contributed by atoms with van der Waals surface area (Å²) < 4.78 is 10.9. The monoisotopic (exact) mass is 458 g/mol. The molecule has 9 nitrogen and oxygen atoms in total. The molecule has 0 amide bonds. The summed E-state index contributed by atoms with van der Waals surface area (Å²) in [5.41, 5.74) is 8.60. The minimum absolute atomic E-state index is 0.0791. The van der Waals surface area contributed by atoms with Gasteiger partial charge in [-0.25, -0.2) is 0 Å². The van der Waals surface area contributed by atoms with Crippen molar-refractivity contribution in [1.29, 1.82) is 5.26 Å². The van der Waals surface area contributed by atoms with E-state index in [0.717, 1.165) is 0 Å². The van der Waals surface area contributed by atoms with Gasteiger partial charge in [-0.2, -0.15) is 5.26 Å². The van der Waals surface area contributed by atoms with Crippen molar-refractivity contribution in [2.75, 3.05) is 11.7 Å². The number of carbonyl (C=O) groups excluding carboxylic acids is 1.